The maximum Gasteiger partial charge on any atom is 0.407 e. The van der Waals surface area contributed by atoms with Crippen LogP contribution < -0.4 is 10.1 Å². The quantitative estimate of drug-likeness (QED) is 0.817. The first-order valence-electron chi connectivity index (χ1n) is 8.33. The molecule has 140 valence electrons. The molecule has 1 atom stereocenters. The molecule has 0 spiro atoms. The lowest BCUT2D eigenvalue weighted by molar-refractivity contribution is -0.141. The number of carbonyl (C=O) groups excluding carboxylic acids is 1. The predicted octanol–water partition coefficient (Wildman–Crippen LogP) is 3.63. The second-order valence-corrected chi connectivity index (χ2v) is 7.98. The van der Waals surface area contributed by atoms with Crippen molar-refractivity contribution < 1.29 is 24.2 Å². The van der Waals surface area contributed by atoms with Crippen molar-refractivity contribution in [2.45, 2.75) is 59.2 Å². The van der Waals surface area contributed by atoms with Crippen molar-refractivity contribution in [3.63, 3.8) is 0 Å². The van der Waals surface area contributed by atoms with Gasteiger partial charge in [-0.3, -0.25) is 4.79 Å². The van der Waals surface area contributed by atoms with E-state index in [1.165, 1.54) is 0 Å². The number of hydrogen-bond acceptors (Lipinski definition) is 4. The molecule has 0 heterocycles. The molecule has 0 fully saturated rings. The van der Waals surface area contributed by atoms with E-state index >= 15 is 0 Å². The number of nitrogens with one attached hydrogen (secondary N) is 1. The average Bonchev–Trinajstić information content (AvgIpc) is 2.41. The highest BCUT2D eigenvalue weighted by Crippen LogP contribution is 2.20. The number of alkyl carbamates (subject to hydrolysis) is 1. The van der Waals surface area contributed by atoms with E-state index < -0.39 is 23.6 Å². The minimum Gasteiger partial charge on any atom is -0.488 e. The van der Waals surface area contributed by atoms with E-state index in [1.54, 1.807) is 20.8 Å². The minimum atomic E-state index is -0.967. The van der Waals surface area contributed by atoms with Crippen LogP contribution in [0.3, 0.4) is 0 Å². The standard InChI is InChI=1S/C19H29NO5/c1-18(2,3)24-15-9-7-13(8-10-15)11-14(16(21)22)12-20-17(23)25-19(4,5)6/h7-10,14H,11-12H2,1-6H3,(H,20,23)(H,21,22)/t14-/m0/s1. The first-order chi connectivity index (χ1) is 11.4. The molecule has 6 heteroatoms. The molecule has 0 unspecified atom stereocenters. The summed E-state index contributed by atoms with van der Waals surface area (Å²) in [6.07, 6.45) is -0.311. The number of rotatable bonds is 6. The Labute approximate surface area is 149 Å². The van der Waals surface area contributed by atoms with Crippen LogP contribution in [0.4, 0.5) is 4.79 Å². The van der Waals surface area contributed by atoms with E-state index in [-0.39, 0.29) is 12.1 Å². The maximum atomic E-state index is 11.7. The molecule has 0 saturated carbocycles. The van der Waals surface area contributed by atoms with Crippen LogP contribution in [0.15, 0.2) is 24.3 Å². The van der Waals surface area contributed by atoms with Crippen molar-refractivity contribution in [1.29, 1.82) is 0 Å². The molecule has 0 saturated heterocycles. The summed E-state index contributed by atoms with van der Waals surface area (Å²) in [5.41, 5.74) is -0.0478. The van der Waals surface area contributed by atoms with Crippen LogP contribution in [0.2, 0.25) is 0 Å². The van der Waals surface area contributed by atoms with Crippen LogP contribution in [-0.4, -0.2) is 34.9 Å². The topological polar surface area (TPSA) is 84.9 Å². The molecule has 0 aliphatic rings. The molecular weight excluding hydrogens is 322 g/mol. The summed E-state index contributed by atoms with van der Waals surface area (Å²) in [7, 11) is 0. The molecule has 1 amide bonds. The van der Waals surface area contributed by atoms with Gasteiger partial charge in [0.2, 0.25) is 0 Å². The Morgan fingerprint density at radius 2 is 1.60 bits per heavy atom. The van der Waals surface area contributed by atoms with Gasteiger partial charge in [0.25, 0.3) is 0 Å². The highest BCUT2D eigenvalue weighted by Gasteiger charge is 2.22. The van der Waals surface area contributed by atoms with Crippen LogP contribution in [0.5, 0.6) is 5.75 Å². The van der Waals surface area contributed by atoms with Crippen LogP contribution >= 0.6 is 0 Å². The van der Waals surface area contributed by atoms with E-state index in [9.17, 15) is 14.7 Å². The van der Waals surface area contributed by atoms with Gasteiger partial charge in [0, 0.05) is 6.54 Å². The summed E-state index contributed by atoms with van der Waals surface area (Å²) in [5.74, 6) is -0.969. The molecule has 0 aliphatic carbocycles. The number of amides is 1. The lowest BCUT2D eigenvalue weighted by Gasteiger charge is -2.22. The van der Waals surface area contributed by atoms with Gasteiger partial charge in [-0.2, -0.15) is 0 Å². The summed E-state index contributed by atoms with van der Waals surface area (Å²) in [4.78, 5) is 23.1. The van der Waals surface area contributed by atoms with Gasteiger partial charge in [0.1, 0.15) is 17.0 Å². The number of carboxylic acid groups (broad SMARTS) is 1. The van der Waals surface area contributed by atoms with Gasteiger partial charge < -0.3 is 19.9 Å². The monoisotopic (exact) mass is 351 g/mol. The third kappa shape index (κ3) is 8.98. The summed E-state index contributed by atoms with van der Waals surface area (Å²) < 4.78 is 10.9. The Balaban J connectivity index is 2.63. The Bertz CT molecular complexity index is 581. The third-order valence-electron chi connectivity index (χ3n) is 3.07. The van der Waals surface area contributed by atoms with Gasteiger partial charge in [-0.1, -0.05) is 12.1 Å². The molecule has 25 heavy (non-hydrogen) atoms. The smallest absolute Gasteiger partial charge is 0.407 e. The Hall–Kier alpha value is -2.24. The van der Waals surface area contributed by atoms with Crippen molar-refractivity contribution in [1.82, 2.24) is 5.32 Å². The number of aliphatic carboxylic acids is 1. The molecule has 0 radical (unpaired) electrons. The lowest BCUT2D eigenvalue weighted by atomic mass is 9.99. The fourth-order valence-corrected chi connectivity index (χ4v) is 2.10. The summed E-state index contributed by atoms with van der Waals surface area (Å²) in [5, 5.41) is 11.9. The summed E-state index contributed by atoms with van der Waals surface area (Å²) in [6, 6.07) is 7.32. The lowest BCUT2D eigenvalue weighted by Crippen LogP contribution is -2.37. The van der Waals surface area contributed by atoms with E-state index in [0.717, 1.165) is 11.3 Å². The molecule has 2 N–H and O–H groups in total. The molecule has 1 rings (SSSR count). The third-order valence-corrected chi connectivity index (χ3v) is 3.07. The van der Waals surface area contributed by atoms with Gasteiger partial charge in [0.05, 0.1) is 5.92 Å². The summed E-state index contributed by atoms with van der Waals surface area (Å²) in [6.45, 7) is 11.1. The van der Waals surface area contributed by atoms with Gasteiger partial charge >= 0.3 is 12.1 Å². The number of hydrogen-bond donors (Lipinski definition) is 2. The largest absolute Gasteiger partial charge is 0.488 e. The van der Waals surface area contributed by atoms with Gasteiger partial charge in [-0.05, 0) is 65.7 Å². The van der Waals surface area contributed by atoms with Crippen LogP contribution in [0.25, 0.3) is 0 Å². The van der Waals surface area contributed by atoms with Crippen molar-refractivity contribution in [2.24, 2.45) is 5.92 Å². The van der Waals surface area contributed by atoms with Crippen LogP contribution in [0.1, 0.15) is 47.1 Å². The number of ether oxygens (including phenoxy) is 2. The Morgan fingerprint density at radius 1 is 1.04 bits per heavy atom. The minimum absolute atomic E-state index is 0.00445. The molecule has 6 nitrogen and oxygen atoms in total. The maximum absolute atomic E-state index is 11.7. The van der Waals surface area contributed by atoms with Gasteiger partial charge in [-0.15, -0.1) is 0 Å². The number of carbonyl (C=O) groups is 2. The van der Waals surface area contributed by atoms with E-state index in [1.807, 2.05) is 45.0 Å². The fraction of sp³-hybridized carbons (Fsp3) is 0.579. The van der Waals surface area contributed by atoms with E-state index in [2.05, 4.69) is 5.32 Å². The highest BCUT2D eigenvalue weighted by atomic mass is 16.6. The van der Waals surface area contributed by atoms with Crippen molar-refractivity contribution in [2.75, 3.05) is 6.54 Å². The Morgan fingerprint density at radius 3 is 2.04 bits per heavy atom. The fourth-order valence-electron chi connectivity index (χ4n) is 2.10. The zero-order valence-corrected chi connectivity index (χ0v) is 15.9. The average molecular weight is 351 g/mol. The normalized spacial score (nSPS) is 13.0. The first-order valence-corrected chi connectivity index (χ1v) is 8.33. The summed E-state index contributed by atoms with van der Waals surface area (Å²) >= 11 is 0. The molecule has 0 aliphatic heterocycles. The van der Waals surface area contributed by atoms with Crippen molar-refractivity contribution in [3.05, 3.63) is 29.8 Å². The van der Waals surface area contributed by atoms with E-state index in [0.29, 0.717) is 6.42 Å². The zero-order valence-electron chi connectivity index (χ0n) is 15.9. The second-order valence-electron chi connectivity index (χ2n) is 7.98. The highest BCUT2D eigenvalue weighted by molar-refractivity contribution is 5.73. The van der Waals surface area contributed by atoms with Gasteiger partial charge in [-0.25, -0.2) is 4.79 Å². The SMILES string of the molecule is CC(C)(C)OC(=O)NC[C@H](Cc1ccc(OC(C)(C)C)cc1)C(=O)O. The number of benzene rings is 1. The van der Waals surface area contributed by atoms with Crippen molar-refractivity contribution in [3.8, 4) is 5.75 Å². The Kier molecular flexibility index (Phi) is 6.85. The molecule has 1 aromatic carbocycles. The molecular formula is C19H29NO5. The van der Waals surface area contributed by atoms with E-state index in [4.69, 9.17) is 9.47 Å². The van der Waals surface area contributed by atoms with Crippen LogP contribution in [-0.2, 0) is 16.0 Å². The number of carboxylic acids is 1. The molecule has 0 bridgehead atoms. The molecule has 0 aromatic heterocycles. The predicted molar refractivity (Wildman–Crippen MR) is 95.9 cm³/mol. The first kappa shape index (κ1) is 20.8. The van der Waals surface area contributed by atoms with Crippen LogP contribution in [0, 0.1) is 5.92 Å². The van der Waals surface area contributed by atoms with Gasteiger partial charge in [0.15, 0.2) is 0 Å². The van der Waals surface area contributed by atoms with Crippen molar-refractivity contribution >= 4 is 12.1 Å². The zero-order chi connectivity index (χ0) is 19.3. The molecule has 1 aromatic rings. The second kappa shape index (κ2) is 8.23.